The molecule has 3 aromatic rings. The number of hydrogen-bond acceptors (Lipinski definition) is 5. The van der Waals surface area contributed by atoms with Crippen LogP contribution in [0.2, 0.25) is 5.02 Å². The fraction of sp³-hybridized carbons (Fsp3) is 0.304. The first-order chi connectivity index (χ1) is 15.4. The second kappa shape index (κ2) is 9.95. The molecule has 0 bridgehead atoms. The summed E-state index contributed by atoms with van der Waals surface area (Å²) in [6, 6.07) is 16.4. The van der Waals surface area contributed by atoms with Crippen LogP contribution in [0.4, 0.5) is 0 Å². The highest BCUT2D eigenvalue weighted by atomic mass is 35.5. The Bertz CT molecular complexity index is 1210. The Kier molecular flexibility index (Phi) is 7.05. The summed E-state index contributed by atoms with van der Waals surface area (Å²) in [6.07, 6.45) is 1.92. The lowest BCUT2D eigenvalue weighted by atomic mass is 10.1. The van der Waals surface area contributed by atoms with Crippen LogP contribution < -0.4 is 4.72 Å². The van der Waals surface area contributed by atoms with Crippen LogP contribution in [0.1, 0.15) is 12.0 Å². The first-order valence-electron chi connectivity index (χ1n) is 10.5. The Balaban J connectivity index is 1.26. The number of pyridine rings is 1. The lowest BCUT2D eigenvalue weighted by molar-refractivity contribution is -0.132. The van der Waals surface area contributed by atoms with Gasteiger partial charge in [-0.15, -0.1) is 0 Å². The van der Waals surface area contributed by atoms with E-state index in [-0.39, 0.29) is 28.8 Å². The van der Waals surface area contributed by atoms with Crippen molar-refractivity contribution < 1.29 is 13.2 Å². The second-order valence-electron chi connectivity index (χ2n) is 7.73. The number of halogens is 1. The monoisotopic (exact) mass is 472 g/mol. The molecule has 0 spiro atoms. The van der Waals surface area contributed by atoms with Gasteiger partial charge in [-0.25, -0.2) is 13.1 Å². The third-order valence-electron chi connectivity index (χ3n) is 5.59. The number of hydrogen-bond donors (Lipinski definition) is 1. The molecule has 4 rings (SSSR count). The number of sulfonamides is 1. The largest absolute Gasteiger partial charge is 0.340 e. The maximum Gasteiger partial charge on any atom is 0.242 e. The van der Waals surface area contributed by atoms with Gasteiger partial charge in [0, 0.05) is 57.3 Å². The Hall–Kier alpha value is -2.52. The van der Waals surface area contributed by atoms with Crippen molar-refractivity contribution in [2.75, 3.05) is 32.7 Å². The molecular formula is C23H25ClN4O3S. The molecule has 0 saturated carbocycles. The Morgan fingerprint density at radius 3 is 2.53 bits per heavy atom. The summed E-state index contributed by atoms with van der Waals surface area (Å²) in [4.78, 5) is 21.2. The van der Waals surface area contributed by atoms with Crippen molar-refractivity contribution in [3.05, 3.63) is 71.4 Å². The zero-order valence-corrected chi connectivity index (χ0v) is 19.1. The van der Waals surface area contributed by atoms with Crippen LogP contribution >= 0.6 is 11.6 Å². The number of rotatable bonds is 7. The molecule has 1 N–H and O–H groups in total. The molecule has 1 aromatic heterocycles. The number of carbonyl (C=O) groups is 1. The second-order valence-corrected chi connectivity index (χ2v) is 9.87. The van der Waals surface area contributed by atoms with Gasteiger partial charge in [0.2, 0.25) is 15.9 Å². The molecule has 1 aliphatic rings. The molecule has 0 radical (unpaired) electrons. The molecule has 0 unspecified atom stereocenters. The summed E-state index contributed by atoms with van der Waals surface area (Å²) in [5.41, 5.74) is 2.19. The molecule has 32 heavy (non-hydrogen) atoms. The minimum atomic E-state index is -3.75. The van der Waals surface area contributed by atoms with Crippen molar-refractivity contribution in [1.82, 2.24) is 19.5 Å². The van der Waals surface area contributed by atoms with E-state index in [1.807, 2.05) is 18.3 Å². The van der Waals surface area contributed by atoms with Gasteiger partial charge in [-0.3, -0.25) is 14.7 Å². The summed E-state index contributed by atoms with van der Waals surface area (Å²) < 4.78 is 27.2. The number of fused-ring (bicyclic) bond motifs is 1. The number of piperazine rings is 1. The quantitative estimate of drug-likeness (QED) is 0.571. The Morgan fingerprint density at radius 1 is 1.00 bits per heavy atom. The number of carbonyl (C=O) groups excluding carboxylic acids is 1. The minimum Gasteiger partial charge on any atom is -0.340 e. The molecule has 7 nitrogen and oxygen atoms in total. The predicted octanol–water partition coefficient (Wildman–Crippen LogP) is 2.90. The summed E-state index contributed by atoms with van der Waals surface area (Å²) in [7, 11) is -3.75. The van der Waals surface area contributed by atoms with E-state index in [4.69, 9.17) is 11.6 Å². The first-order valence-corrected chi connectivity index (χ1v) is 12.4. The number of benzene rings is 2. The summed E-state index contributed by atoms with van der Waals surface area (Å²) in [5, 5.41) is 1.28. The van der Waals surface area contributed by atoms with E-state index in [1.165, 1.54) is 17.7 Å². The van der Waals surface area contributed by atoms with Gasteiger partial charge in [-0.05, 0) is 23.8 Å². The molecule has 1 fully saturated rings. The normalized spacial score (nSPS) is 15.2. The zero-order valence-electron chi connectivity index (χ0n) is 17.6. The van der Waals surface area contributed by atoms with E-state index < -0.39 is 10.0 Å². The van der Waals surface area contributed by atoms with Crippen LogP contribution in [0.5, 0.6) is 0 Å². The molecule has 0 aliphatic carbocycles. The maximum absolute atomic E-state index is 12.6. The van der Waals surface area contributed by atoms with Gasteiger partial charge >= 0.3 is 0 Å². The number of aromatic nitrogens is 1. The van der Waals surface area contributed by atoms with Crippen molar-refractivity contribution in [2.45, 2.75) is 17.9 Å². The van der Waals surface area contributed by atoms with Gasteiger partial charge in [0.05, 0.1) is 10.5 Å². The van der Waals surface area contributed by atoms with E-state index >= 15 is 0 Å². The van der Waals surface area contributed by atoms with E-state index in [9.17, 15) is 13.2 Å². The van der Waals surface area contributed by atoms with E-state index in [0.717, 1.165) is 30.5 Å². The number of nitrogens with zero attached hydrogens (tertiary/aromatic N) is 3. The molecular weight excluding hydrogens is 448 g/mol. The van der Waals surface area contributed by atoms with Crippen LogP contribution in [0.3, 0.4) is 0 Å². The zero-order chi connectivity index (χ0) is 22.6. The highest BCUT2D eigenvalue weighted by Gasteiger charge is 2.23. The molecule has 2 heterocycles. The molecule has 0 atom stereocenters. The maximum atomic E-state index is 12.6. The minimum absolute atomic E-state index is 0.0191. The van der Waals surface area contributed by atoms with Gasteiger partial charge in [-0.1, -0.05) is 48.0 Å². The lowest BCUT2D eigenvalue weighted by Gasteiger charge is -2.35. The van der Waals surface area contributed by atoms with Gasteiger partial charge in [0.1, 0.15) is 4.90 Å². The van der Waals surface area contributed by atoms with Crippen molar-refractivity contribution in [1.29, 1.82) is 0 Å². The third-order valence-corrected chi connectivity index (χ3v) is 7.55. The lowest BCUT2D eigenvalue weighted by Crippen LogP contribution is -2.48. The van der Waals surface area contributed by atoms with E-state index in [0.29, 0.717) is 13.1 Å². The van der Waals surface area contributed by atoms with Crippen LogP contribution in [-0.4, -0.2) is 61.8 Å². The first kappa shape index (κ1) is 22.7. The van der Waals surface area contributed by atoms with Crippen LogP contribution in [0.25, 0.3) is 10.9 Å². The summed E-state index contributed by atoms with van der Waals surface area (Å²) in [6.45, 7) is 3.59. The molecule has 168 valence electrons. The third kappa shape index (κ3) is 5.27. The molecule has 1 amide bonds. The molecule has 2 aromatic carbocycles. The van der Waals surface area contributed by atoms with Gasteiger partial charge in [-0.2, -0.15) is 0 Å². The Labute approximate surface area is 193 Å². The fourth-order valence-corrected chi connectivity index (χ4v) is 5.43. The standard InChI is InChI=1S/C23H25ClN4O3S/c24-20-8-1-2-9-21(20)32(30,31)26-12-10-22(29)28-15-13-27(14-16-28)17-19-6-3-5-18-7-4-11-25-23(18)19/h1-9,11,26H,10,12-17H2. The summed E-state index contributed by atoms with van der Waals surface area (Å²) in [5.74, 6) is -0.0571. The fourth-order valence-electron chi connectivity index (χ4n) is 3.88. The van der Waals surface area contributed by atoms with Crippen molar-refractivity contribution in [3.63, 3.8) is 0 Å². The molecule has 1 aliphatic heterocycles. The summed E-state index contributed by atoms with van der Waals surface area (Å²) >= 11 is 5.97. The van der Waals surface area contributed by atoms with Crippen molar-refractivity contribution in [3.8, 4) is 0 Å². The average molecular weight is 473 g/mol. The smallest absolute Gasteiger partial charge is 0.242 e. The van der Waals surface area contributed by atoms with Crippen molar-refractivity contribution in [2.24, 2.45) is 0 Å². The number of amides is 1. The van der Waals surface area contributed by atoms with E-state index in [1.54, 1.807) is 17.0 Å². The van der Waals surface area contributed by atoms with E-state index in [2.05, 4.69) is 32.8 Å². The Morgan fingerprint density at radius 2 is 1.75 bits per heavy atom. The van der Waals surface area contributed by atoms with Crippen LogP contribution in [0.15, 0.2) is 65.7 Å². The predicted molar refractivity (Wildman–Crippen MR) is 125 cm³/mol. The van der Waals surface area contributed by atoms with Gasteiger partial charge in [0.25, 0.3) is 0 Å². The number of nitrogens with one attached hydrogen (secondary N) is 1. The van der Waals surface area contributed by atoms with Gasteiger partial charge in [0.15, 0.2) is 0 Å². The molecule has 9 heteroatoms. The SMILES string of the molecule is O=C(CCNS(=O)(=O)c1ccccc1Cl)N1CCN(Cc2cccc3cccnc23)CC1. The highest BCUT2D eigenvalue weighted by Crippen LogP contribution is 2.20. The highest BCUT2D eigenvalue weighted by molar-refractivity contribution is 7.89. The van der Waals surface area contributed by atoms with Crippen molar-refractivity contribution >= 4 is 38.4 Å². The average Bonchev–Trinajstić information content (AvgIpc) is 2.80. The molecule has 1 saturated heterocycles. The number of para-hydroxylation sites is 1. The van der Waals surface area contributed by atoms with Gasteiger partial charge < -0.3 is 4.90 Å². The topological polar surface area (TPSA) is 82.6 Å². The van der Waals surface area contributed by atoms with Crippen LogP contribution in [0, 0.1) is 0 Å². The van der Waals surface area contributed by atoms with Crippen LogP contribution in [-0.2, 0) is 21.4 Å².